The molecule has 17 heavy (non-hydrogen) atoms. The van der Waals surface area contributed by atoms with Gasteiger partial charge < -0.3 is 9.88 Å². The number of nitrogens with one attached hydrogen (secondary N) is 2. The largest absolute Gasteiger partial charge is 0.336 e. The molecule has 0 spiro atoms. The average Bonchev–Trinajstić information content (AvgIpc) is 2.85. The van der Waals surface area contributed by atoms with Crippen LogP contribution in [0.1, 0.15) is 20.3 Å². The van der Waals surface area contributed by atoms with Crippen molar-refractivity contribution in [2.24, 2.45) is 0 Å². The van der Waals surface area contributed by atoms with Crippen molar-refractivity contribution in [1.29, 1.82) is 0 Å². The van der Waals surface area contributed by atoms with Crippen LogP contribution in [-0.4, -0.2) is 36.6 Å². The van der Waals surface area contributed by atoms with Gasteiger partial charge in [0.1, 0.15) is 0 Å². The Balaban J connectivity index is 2.18. The van der Waals surface area contributed by atoms with E-state index in [1.54, 1.807) is 10.8 Å². The Labute approximate surface area is 101 Å². The summed E-state index contributed by atoms with van der Waals surface area (Å²) >= 11 is 0. The van der Waals surface area contributed by atoms with E-state index in [-0.39, 0.29) is 5.03 Å². The van der Waals surface area contributed by atoms with Gasteiger partial charge in [0.15, 0.2) is 5.03 Å². The normalized spacial score (nSPS) is 25.3. The number of imidazole rings is 1. The average molecular weight is 258 g/mol. The molecule has 0 aromatic carbocycles. The summed E-state index contributed by atoms with van der Waals surface area (Å²) in [5.74, 6) is 0. The summed E-state index contributed by atoms with van der Waals surface area (Å²) in [6.45, 7) is 6.04. The molecular formula is C10H18N4O2S. The maximum Gasteiger partial charge on any atom is 0.260 e. The fourth-order valence-corrected chi connectivity index (χ4v) is 3.32. The van der Waals surface area contributed by atoms with Crippen molar-refractivity contribution in [2.45, 2.75) is 37.4 Å². The first-order chi connectivity index (χ1) is 7.95. The molecule has 2 heterocycles. The Morgan fingerprint density at radius 1 is 1.65 bits per heavy atom. The second kappa shape index (κ2) is 4.40. The van der Waals surface area contributed by atoms with Crippen molar-refractivity contribution in [3.05, 3.63) is 12.5 Å². The predicted octanol–water partition coefficient (Wildman–Crippen LogP) is -0.0667. The van der Waals surface area contributed by atoms with Crippen molar-refractivity contribution in [3.63, 3.8) is 0 Å². The Morgan fingerprint density at radius 3 is 2.94 bits per heavy atom. The summed E-state index contributed by atoms with van der Waals surface area (Å²) in [7, 11) is -3.51. The van der Waals surface area contributed by atoms with Crippen molar-refractivity contribution in [2.75, 3.05) is 13.1 Å². The molecule has 0 amide bonds. The quantitative estimate of drug-likeness (QED) is 0.793. The summed E-state index contributed by atoms with van der Waals surface area (Å²) in [5.41, 5.74) is -0.408. The first-order valence-electron chi connectivity index (χ1n) is 5.72. The molecule has 1 fully saturated rings. The fourth-order valence-electron chi connectivity index (χ4n) is 1.93. The van der Waals surface area contributed by atoms with E-state index in [1.807, 2.05) is 13.8 Å². The molecular weight excluding hydrogens is 240 g/mol. The van der Waals surface area contributed by atoms with Crippen LogP contribution in [0.5, 0.6) is 0 Å². The molecule has 1 saturated heterocycles. The van der Waals surface area contributed by atoms with Crippen LogP contribution in [-0.2, 0) is 16.6 Å². The van der Waals surface area contributed by atoms with Gasteiger partial charge in [0.25, 0.3) is 10.0 Å². The van der Waals surface area contributed by atoms with E-state index in [2.05, 4.69) is 15.0 Å². The molecule has 2 rings (SSSR count). The van der Waals surface area contributed by atoms with Crippen LogP contribution in [0.15, 0.2) is 17.6 Å². The second-order valence-corrected chi connectivity index (χ2v) is 6.26. The molecule has 0 aliphatic carbocycles. The number of aromatic nitrogens is 2. The number of rotatable bonds is 4. The lowest BCUT2D eigenvalue weighted by Gasteiger charge is -2.23. The monoisotopic (exact) mass is 258 g/mol. The van der Waals surface area contributed by atoms with E-state index in [4.69, 9.17) is 0 Å². The highest BCUT2D eigenvalue weighted by Crippen LogP contribution is 2.17. The van der Waals surface area contributed by atoms with Crippen LogP contribution in [0.4, 0.5) is 0 Å². The molecule has 0 bridgehead atoms. The molecule has 6 nitrogen and oxygen atoms in total. The van der Waals surface area contributed by atoms with Gasteiger partial charge in [0.2, 0.25) is 0 Å². The standard InChI is InChI=1S/C10H18N4O2S/c1-3-14-6-9(12-8-14)17(15,16)13-10(2)4-5-11-7-10/h6,8,11,13H,3-5,7H2,1-2H3. The third-order valence-corrected chi connectivity index (χ3v) is 4.52. The van der Waals surface area contributed by atoms with Gasteiger partial charge in [-0.15, -0.1) is 0 Å². The number of nitrogens with zero attached hydrogens (tertiary/aromatic N) is 2. The first-order valence-corrected chi connectivity index (χ1v) is 7.20. The zero-order chi connectivity index (χ0) is 12.5. The zero-order valence-corrected chi connectivity index (χ0v) is 10.9. The molecule has 1 aliphatic heterocycles. The maximum atomic E-state index is 12.1. The van der Waals surface area contributed by atoms with E-state index in [0.717, 1.165) is 13.0 Å². The highest BCUT2D eigenvalue weighted by atomic mass is 32.2. The van der Waals surface area contributed by atoms with E-state index in [9.17, 15) is 8.42 Å². The summed E-state index contributed by atoms with van der Waals surface area (Å²) in [4.78, 5) is 3.92. The molecule has 0 saturated carbocycles. The lowest BCUT2D eigenvalue weighted by molar-refractivity contribution is 0.451. The molecule has 0 radical (unpaired) electrons. The van der Waals surface area contributed by atoms with Crippen LogP contribution in [0.25, 0.3) is 0 Å². The molecule has 1 atom stereocenters. The molecule has 96 valence electrons. The van der Waals surface area contributed by atoms with Gasteiger partial charge in [0.05, 0.1) is 6.33 Å². The number of sulfonamides is 1. The topological polar surface area (TPSA) is 76.0 Å². The number of aryl methyl sites for hydroxylation is 1. The smallest absolute Gasteiger partial charge is 0.260 e. The minimum Gasteiger partial charge on any atom is -0.336 e. The van der Waals surface area contributed by atoms with Crippen LogP contribution < -0.4 is 10.0 Å². The van der Waals surface area contributed by atoms with Crippen LogP contribution in [0.3, 0.4) is 0 Å². The lowest BCUT2D eigenvalue weighted by Crippen LogP contribution is -2.47. The third-order valence-electron chi connectivity index (χ3n) is 3.00. The van der Waals surface area contributed by atoms with E-state index >= 15 is 0 Å². The summed E-state index contributed by atoms with van der Waals surface area (Å²) < 4.78 is 28.7. The van der Waals surface area contributed by atoms with Gasteiger partial charge in [-0.05, 0) is 26.8 Å². The molecule has 1 aromatic rings. The van der Waals surface area contributed by atoms with Crippen molar-refractivity contribution >= 4 is 10.0 Å². The minimum absolute atomic E-state index is 0.0903. The van der Waals surface area contributed by atoms with Gasteiger partial charge >= 0.3 is 0 Å². The van der Waals surface area contributed by atoms with Gasteiger partial charge in [-0.1, -0.05) is 0 Å². The minimum atomic E-state index is -3.51. The second-order valence-electron chi connectivity index (χ2n) is 4.64. The first kappa shape index (κ1) is 12.5. The van der Waals surface area contributed by atoms with E-state index < -0.39 is 15.6 Å². The van der Waals surface area contributed by atoms with Gasteiger partial charge in [-0.25, -0.2) is 18.1 Å². The SMILES string of the molecule is CCn1cnc(S(=O)(=O)NC2(C)CCNC2)c1. The zero-order valence-electron chi connectivity index (χ0n) is 10.1. The predicted molar refractivity (Wildman–Crippen MR) is 64.1 cm³/mol. The van der Waals surface area contributed by atoms with Gasteiger partial charge in [0, 0.05) is 24.8 Å². The van der Waals surface area contributed by atoms with Crippen LogP contribution in [0.2, 0.25) is 0 Å². The Hall–Kier alpha value is -0.920. The molecule has 7 heteroatoms. The Bertz CT molecular complexity index is 488. The summed E-state index contributed by atoms with van der Waals surface area (Å²) in [6, 6.07) is 0. The molecule has 1 aliphatic rings. The van der Waals surface area contributed by atoms with E-state index in [1.165, 1.54) is 6.33 Å². The van der Waals surface area contributed by atoms with Crippen molar-refractivity contribution in [1.82, 2.24) is 19.6 Å². The van der Waals surface area contributed by atoms with Crippen LogP contribution >= 0.6 is 0 Å². The third kappa shape index (κ3) is 2.67. The Kier molecular flexibility index (Phi) is 3.24. The number of hydrogen-bond donors (Lipinski definition) is 2. The summed E-state index contributed by atoms with van der Waals surface area (Å²) in [6.07, 6.45) is 3.87. The fraction of sp³-hybridized carbons (Fsp3) is 0.700. The molecule has 1 unspecified atom stereocenters. The highest BCUT2D eigenvalue weighted by Gasteiger charge is 2.34. The number of hydrogen-bond acceptors (Lipinski definition) is 4. The van der Waals surface area contributed by atoms with Crippen LogP contribution in [0, 0.1) is 0 Å². The maximum absolute atomic E-state index is 12.1. The Morgan fingerprint density at radius 2 is 2.41 bits per heavy atom. The van der Waals surface area contributed by atoms with Crippen molar-refractivity contribution in [3.8, 4) is 0 Å². The van der Waals surface area contributed by atoms with Gasteiger partial charge in [-0.3, -0.25) is 0 Å². The molecule has 1 aromatic heterocycles. The molecule has 2 N–H and O–H groups in total. The van der Waals surface area contributed by atoms with Gasteiger partial charge in [-0.2, -0.15) is 0 Å². The highest BCUT2D eigenvalue weighted by molar-refractivity contribution is 7.89. The van der Waals surface area contributed by atoms with Crippen molar-refractivity contribution < 1.29 is 8.42 Å². The lowest BCUT2D eigenvalue weighted by atomic mass is 10.0. The summed E-state index contributed by atoms with van der Waals surface area (Å²) in [5, 5.41) is 3.24. The van der Waals surface area contributed by atoms with E-state index in [0.29, 0.717) is 13.1 Å².